The van der Waals surface area contributed by atoms with E-state index in [-0.39, 0.29) is 18.1 Å². The van der Waals surface area contributed by atoms with Crippen LogP contribution in [0.5, 0.6) is 0 Å². The first-order valence-corrected chi connectivity index (χ1v) is 10.3. The molecule has 0 aliphatic heterocycles. The largest absolute Gasteiger partial charge is 0.460 e. The number of ether oxygens (including phenoxy) is 1. The van der Waals surface area contributed by atoms with E-state index < -0.39 is 21.2 Å². The van der Waals surface area contributed by atoms with E-state index in [1.807, 2.05) is 0 Å². The Morgan fingerprint density at radius 3 is 2.48 bits per heavy atom. The van der Waals surface area contributed by atoms with Crippen molar-refractivity contribution in [3.8, 4) is 0 Å². The number of aromatic nitrogens is 1. The zero-order valence-corrected chi connectivity index (χ0v) is 16.2. The number of nitrogens with zero attached hydrogens (tertiary/aromatic N) is 1. The summed E-state index contributed by atoms with van der Waals surface area (Å²) in [6, 6.07) is 1.60. The quantitative estimate of drug-likeness (QED) is 0.771. The minimum absolute atomic E-state index is 0.0430. The van der Waals surface area contributed by atoms with Gasteiger partial charge in [0, 0.05) is 11.6 Å². The SMILES string of the molecule is Cc1cc(CS(=O)(=O)NC2(CC(=O)OC(C)(C)C)CCCCC2)no1. The van der Waals surface area contributed by atoms with Crippen molar-refractivity contribution < 1.29 is 22.5 Å². The zero-order valence-electron chi connectivity index (χ0n) is 15.4. The molecule has 1 aromatic heterocycles. The van der Waals surface area contributed by atoms with Crippen LogP contribution in [0.15, 0.2) is 10.6 Å². The predicted molar refractivity (Wildman–Crippen MR) is 93.3 cm³/mol. The molecular formula is C17H28N2O5S. The van der Waals surface area contributed by atoms with Crippen LogP contribution in [0, 0.1) is 6.92 Å². The van der Waals surface area contributed by atoms with Crippen LogP contribution in [-0.4, -0.2) is 30.7 Å². The molecular weight excluding hydrogens is 344 g/mol. The lowest BCUT2D eigenvalue weighted by atomic mass is 9.80. The minimum atomic E-state index is -3.65. The van der Waals surface area contributed by atoms with Gasteiger partial charge in [0.1, 0.15) is 22.8 Å². The monoisotopic (exact) mass is 372 g/mol. The van der Waals surface area contributed by atoms with Crippen molar-refractivity contribution in [3.05, 3.63) is 17.5 Å². The first-order chi connectivity index (χ1) is 11.5. The number of hydrogen-bond acceptors (Lipinski definition) is 6. The highest BCUT2D eigenvalue weighted by Crippen LogP contribution is 2.33. The van der Waals surface area contributed by atoms with Crippen LogP contribution in [0.2, 0.25) is 0 Å². The lowest BCUT2D eigenvalue weighted by Gasteiger charge is -2.37. The van der Waals surface area contributed by atoms with Gasteiger partial charge in [-0.05, 0) is 40.5 Å². The Morgan fingerprint density at radius 1 is 1.32 bits per heavy atom. The molecule has 0 unspecified atom stereocenters. The number of carbonyl (C=O) groups excluding carboxylic acids is 1. The maximum Gasteiger partial charge on any atom is 0.308 e. The fraction of sp³-hybridized carbons (Fsp3) is 0.765. The lowest BCUT2D eigenvalue weighted by molar-refractivity contribution is -0.156. The summed E-state index contributed by atoms with van der Waals surface area (Å²) in [5, 5.41) is 3.74. The molecule has 1 fully saturated rings. The third kappa shape index (κ3) is 6.43. The molecule has 25 heavy (non-hydrogen) atoms. The molecule has 1 heterocycles. The summed E-state index contributed by atoms with van der Waals surface area (Å²) in [5.74, 6) is -0.0823. The second-order valence-corrected chi connectivity index (χ2v) is 9.62. The lowest BCUT2D eigenvalue weighted by Crippen LogP contribution is -2.51. The molecule has 0 amide bonds. The second kappa shape index (κ2) is 7.45. The van der Waals surface area contributed by atoms with Crippen molar-refractivity contribution in [1.82, 2.24) is 9.88 Å². The van der Waals surface area contributed by atoms with E-state index in [0.717, 1.165) is 19.3 Å². The average molecular weight is 372 g/mol. The van der Waals surface area contributed by atoms with E-state index in [0.29, 0.717) is 24.3 Å². The maximum absolute atomic E-state index is 12.6. The topological polar surface area (TPSA) is 98.5 Å². The summed E-state index contributed by atoms with van der Waals surface area (Å²) in [7, 11) is -3.65. The minimum Gasteiger partial charge on any atom is -0.460 e. The van der Waals surface area contributed by atoms with Gasteiger partial charge in [-0.15, -0.1) is 0 Å². The van der Waals surface area contributed by atoms with Crippen molar-refractivity contribution >= 4 is 16.0 Å². The number of carbonyl (C=O) groups is 1. The Kier molecular flexibility index (Phi) is 5.93. The smallest absolute Gasteiger partial charge is 0.308 e. The first-order valence-electron chi connectivity index (χ1n) is 8.64. The van der Waals surface area contributed by atoms with Crippen LogP contribution in [0.25, 0.3) is 0 Å². The molecule has 0 atom stereocenters. The molecule has 7 nitrogen and oxygen atoms in total. The third-order valence-corrected chi connectivity index (χ3v) is 5.52. The number of aryl methyl sites for hydroxylation is 1. The molecule has 0 radical (unpaired) electrons. The van der Waals surface area contributed by atoms with Crippen molar-refractivity contribution in [2.45, 2.75) is 83.1 Å². The Bertz CT molecular complexity index is 697. The van der Waals surface area contributed by atoms with E-state index in [4.69, 9.17) is 9.26 Å². The molecule has 2 rings (SSSR count). The van der Waals surface area contributed by atoms with Crippen molar-refractivity contribution in [1.29, 1.82) is 0 Å². The summed E-state index contributed by atoms with van der Waals surface area (Å²) >= 11 is 0. The van der Waals surface area contributed by atoms with E-state index in [1.54, 1.807) is 33.8 Å². The number of esters is 1. The molecule has 1 aliphatic carbocycles. The molecule has 1 saturated carbocycles. The molecule has 142 valence electrons. The van der Waals surface area contributed by atoms with E-state index in [1.165, 1.54) is 0 Å². The normalized spacial score (nSPS) is 18.1. The average Bonchev–Trinajstić information content (AvgIpc) is 2.80. The van der Waals surface area contributed by atoms with Gasteiger partial charge < -0.3 is 9.26 Å². The number of nitrogens with one attached hydrogen (secondary N) is 1. The molecule has 8 heteroatoms. The Labute approximate surface area is 149 Å². The maximum atomic E-state index is 12.6. The van der Waals surface area contributed by atoms with Crippen LogP contribution >= 0.6 is 0 Å². The van der Waals surface area contributed by atoms with Gasteiger partial charge in [0.15, 0.2) is 0 Å². The highest BCUT2D eigenvalue weighted by molar-refractivity contribution is 7.88. The molecule has 1 aromatic rings. The number of hydrogen-bond donors (Lipinski definition) is 1. The molecule has 0 bridgehead atoms. The van der Waals surface area contributed by atoms with Crippen LogP contribution in [0.3, 0.4) is 0 Å². The number of sulfonamides is 1. The number of rotatable bonds is 6. The zero-order chi connectivity index (χ0) is 18.7. The first kappa shape index (κ1) is 19.9. The highest BCUT2D eigenvalue weighted by atomic mass is 32.2. The van der Waals surface area contributed by atoms with Crippen LogP contribution in [-0.2, 0) is 25.3 Å². The van der Waals surface area contributed by atoms with Gasteiger partial charge in [-0.1, -0.05) is 24.4 Å². The van der Waals surface area contributed by atoms with E-state index in [2.05, 4.69) is 9.88 Å². The van der Waals surface area contributed by atoms with Gasteiger partial charge in [0.2, 0.25) is 10.0 Å². The molecule has 1 aliphatic rings. The van der Waals surface area contributed by atoms with Crippen LogP contribution in [0.4, 0.5) is 0 Å². The van der Waals surface area contributed by atoms with Gasteiger partial charge >= 0.3 is 5.97 Å². The highest BCUT2D eigenvalue weighted by Gasteiger charge is 2.39. The van der Waals surface area contributed by atoms with Gasteiger partial charge in [-0.2, -0.15) is 0 Å². The van der Waals surface area contributed by atoms with Crippen molar-refractivity contribution in [3.63, 3.8) is 0 Å². The molecule has 1 N–H and O–H groups in total. The van der Waals surface area contributed by atoms with Gasteiger partial charge in [0.05, 0.1) is 6.42 Å². The molecule has 0 aromatic carbocycles. The van der Waals surface area contributed by atoms with E-state index >= 15 is 0 Å². The van der Waals surface area contributed by atoms with Gasteiger partial charge in [-0.25, -0.2) is 13.1 Å². The van der Waals surface area contributed by atoms with Crippen LogP contribution < -0.4 is 4.72 Å². The third-order valence-electron chi connectivity index (χ3n) is 4.10. The molecule has 0 saturated heterocycles. The predicted octanol–water partition coefficient (Wildman–Crippen LogP) is 2.84. The Balaban J connectivity index is 2.12. The summed E-state index contributed by atoms with van der Waals surface area (Å²) in [5.41, 5.74) is -1.02. The summed E-state index contributed by atoms with van der Waals surface area (Å²) in [6.45, 7) is 7.11. The van der Waals surface area contributed by atoms with Crippen molar-refractivity contribution in [2.24, 2.45) is 0 Å². The standard InChI is InChI=1S/C17H28N2O5S/c1-13-10-14(18-24-13)12-25(21,22)19-17(8-6-5-7-9-17)11-15(20)23-16(2,3)4/h10,19H,5-9,11-12H2,1-4H3. The fourth-order valence-corrected chi connectivity index (χ4v) is 4.78. The van der Waals surface area contributed by atoms with Crippen molar-refractivity contribution in [2.75, 3.05) is 0 Å². The second-order valence-electron chi connectivity index (χ2n) is 7.89. The fourth-order valence-electron chi connectivity index (χ4n) is 3.24. The Hall–Kier alpha value is -1.41. The van der Waals surface area contributed by atoms with Crippen LogP contribution in [0.1, 0.15) is 70.8 Å². The molecule has 0 spiro atoms. The van der Waals surface area contributed by atoms with Gasteiger partial charge in [0.25, 0.3) is 0 Å². The van der Waals surface area contributed by atoms with Gasteiger partial charge in [-0.3, -0.25) is 4.79 Å². The Morgan fingerprint density at radius 2 is 1.96 bits per heavy atom. The summed E-state index contributed by atoms with van der Waals surface area (Å²) in [4.78, 5) is 12.3. The summed E-state index contributed by atoms with van der Waals surface area (Å²) in [6.07, 6.45) is 4.11. The van der Waals surface area contributed by atoms with E-state index in [9.17, 15) is 13.2 Å². The summed E-state index contributed by atoms with van der Waals surface area (Å²) < 4.78 is 38.3.